The number of hydrogen-bond acceptors (Lipinski definition) is 6. The van der Waals surface area contributed by atoms with E-state index in [4.69, 9.17) is 4.98 Å². The van der Waals surface area contributed by atoms with Gasteiger partial charge in [-0.05, 0) is 60.4 Å². The van der Waals surface area contributed by atoms with E-state index in [9.17, 15) is 0 Å². The Labute approximate surface area is 215 Å². The standard InChI is InChI=1S/C29H28N8/c1-6-19(14-22(7-2)33-18(5)17(3)4)21-15-24-26(36-37-27(24)32-16-21)29-34-25-23(10-13-31-28(25)35-29)20-8-11-30-12-9-20/h6-17,33H,2,5H2,1,3-4H3,(H,31,34,35)(H,32,36,37)/b19-6+,22-14+. The Balaban J connectivity index is 1.56. The van der Waals surface area contributed by atoms with Crippen molar-refractivity contribution in [3.05, 3.63) is 97.4 Å². The van der Waals surface area contributed by atoms with E-state index in [0.29, 0.717) is 23.0 Å². The van der Waals surface area contributed by atoms with Crippen LogP contribution in [0.4, 0.5) is 0 Å². The SMILES string of the molecule is C=C/C(=C\C(=C/C)c1cnc2n[nH]c(-c3nc4nccc(-c5ccncc5)c4[nH]3)c2c1)NC(=C)C(C)C. The molecule has 5 aromatic rings. The lowest BCUT2D eigenvalue weighted by Gasteiger charge is -2.14. The van der Waals surface area contributed by atoms with Crippen molar-refractivity contribution in [3.8, 4) is 22.6 Å². The molecule has 184 valence electrons. The van der Waals surface area contributed by atoms with Gasteiger partial charge in [0.2, 0.25) is 0 Å². The van der Waals surface area contributed by atoms with E-state index in [1.807, 2.05) is 43.5 Å². The van der Waals surface area contributed by atoms with Crippen molar-refractivity contribution in [1.82, 2.24) is 40.4 Å². The Bertz CT molecular complexity index is 1670. The average Bonchev–Trinajstić information content (AvgIpc) is 3.54. The topological polar surface area (TPSA) is 108 Å². The van der Waals surface area contributed by atoms with Gasteiger partial charge in [-0.1, -0.05) is 33.1 Å². The van der Waals surface area contributed by atoms with Gasteiger partial charge in [-0.2, -0.15) is 5.10 Å². The maximum Gasteiger partial charge on any atom is 0.181 e. The van der Waals surface area contributed by atoms with Gasteiger partial charge in [0.05, 0.1) is 10.9 Å². The third-order valence-electron chi connectivity index (χ3n) is 6.21. The zero-order valence-corrected chi connectivity index (χ0v) is 21.1. The highest BCUT2D eigenvalue weighted by molar-refractivity contribution is 5.96. The van der Waals surface area contributed by atoms with Crippen molar-refractivity contribution in [1.29, 1.82) is 0 Å². The van der Waals surface area contributed by atoms with E-state index in [1.165, 1.54) is 0 Å². The summed E-state index contributed by atoms with van der Waals surface area (Å²) >= 11 is 0. The summed E-state index contributed by atoms with van der Waals surface area (Å²) in [4.78, 5) is 21.4. The molecule has 5 heterocycles. The molecule has 0 fully saturated rings. The van der Waals surface area contributed by atoms with Crippen molar-refractivity contribution in [3.63, 3.8) is 0 Å². The summed E-state index contributed by atoms with van der Waals surface area (Å²) in [6, 6.07) is 7.96. The number of rotatable bonds is 8. The minimum Gasteiger partial charge on any atom is -0.359 e. The van der Waals surface area contributed by atoms with Crippen LogP contribution >= 0.6 is 0 Å². The molecule has 0 saturated heterocycles. The van der Waals surface area contributed by atoms with E-state index in [0.717, 1.165) is 50.3 Å². The first-order valence-electron chi connectivity index (χ1n) is 12.0. The summed E-state index contributed by atoms with van der Waals surface area (Å²) in [6.45, 7) is 14.2. The molecule has 0 spiro atoms. The Morgan fingerprint density at radius 3 is 2.62 bits per heavy atom. The normalized spacial score (nSPS) is 12.4. The van der Waals surface area contributed by atoms with Crippen molar-refractivity contribution >= 4 is 27.8 Å². The maximum absolute atomic E-state index is 4.76. The van der Waals surface area contributed by atoms with Crippen LogP contribution < -0.4 is 5.32 Å². The van der Waals surface area contributed by atoms with Crippen LogP contribution in [0.2, 0.25) is 0 Å². The summed E-state index contributed by atoms with van der Waals surface area (Å²) in [5, 5.41) is 11.7. The van der Waals surface area contributed by atoms with E-state index in [-0.39, 0.29) is 0 Å². The number of aromatic amines is 2. The molecule has 0 bridgehead atoms. The minimum absolute atomic E-state index is 0.307. The molecule has 5 aromatic heterocycles. The minimum atomic E-state index is 0.307. The fourth-order valence-corrected chi connectivity index (χ4v) is 4.02. The number of imidazole rings is 1. The number of allylic oxidation sites excluding steroid dienone is 5. The van der Waals surface area contributed by atoms with Crippen molar-refractivity contribution < 1.29 is 0 Å². The fourth-order valence-electron chi connectivity index (χ4n) is 4.02. The van der Waals surface area contributed by atoms with Crippen molar-refractivity contribution in [2.75, 3.05) is 0 Å². The van der Waals surface area contributed by atoms with Gasteiger partial charge in [-0.25, -0.2) is 15.0 Å². The molecule has 0 atom stereocenters. The van der Waals surface area contributed by atoms with Crippen LogP contribution in [0.1, 0.15) is 26.3 Å². The lowest BCUT2D eigenvalue weighted by molar-refractivity contribution is 0.710. The van der Waals surface area contributed by atoms with Crippen molar-refractivity contribution in [2.45, 2.75) is 20.8 Å². The number of fused-ring (bicyclic) bond motifs is 2. The second kappa shape index (κ2) is 10.0. The van der Waals surface area contributed by atoms with Crippen LogP contribution in [-0.4, -0.2) is 35.1 Å². The van der Waals surface area contributed by atoms with Gasteiger partial charge in [0.15, 0.2) is 17.1 Å². The molecule has 37 heavy (non-hydrogen) atoms. The van der Waals surface area contributed by atoms with Gasteiger partial charge < -0.3 is 10.3 Å². The molecule has 8 heteroatoms. The molecular weight excluding hydrogens is 460 g/mol. The lowest BCUT2D eigenvalue weighted by Crippen LogP contribution is -2.14. The zero-order chi connectivity index (χ0) is 25.9. The average molecular weight is 489 g/mol. The lowest BCUT2D eigenvalue weighted by atomic mass is 10.0. The monoisotopic (exact) mass is 488 g/mol. The summed E-state index contributed by atoms with van der Waals surface area (Å²) < 4.78 is 0. The highest BCUT2D eigenvalue weighted by atomic mass is 15.2. The van der Waals surface area contributed by atoms with Crippen LogP contribution in [0.25, 0.3) is 50.4 Å². The second-order valence-electron chi connectivity index (χ2n) is 8.92. The molecule has 3 N–H and O–H groups in total. The number of H-pyrrole nitrogens is 2. The van der Waals surface area contributed by atoms with E-state index in [1.54, 1.807) is 24.7 Å². The first-order valence-corrected chi connectivity index (χ1v) is 12.0. The number of pyridine rings is 3. The summed E-state index contributed by atoms with van der Waals surface area (Å²) in [7, 11) is 0. The number of nitrogens with zero attached hydrogens (tertiary/aromatic N) is 5. The predicted molar refractivity (Wildman–Crippen MR) is 149 cm³/mol. The van der Waals surface area contributed by atoms with Crippen LogP contribution in [0.15, 0.2) is 91.8 Å². The summed E-state index contributed by atoms with van der Waals surface area (Å²) in [5.41, 5.74) is 8.60. The number of nitrogens with one attached hydrogen (secondary N) is 3. The van der Waals surface area contributed by atoms with Crippen LogP contribution in [0, 0.1) is 5.92 Å². The number of aromatic nitrogens is 7. The van der Waals surface area contributed by atoms with Gasteiger partial charge >= 0.3 is 0 Å². The fraction of sp³-hybridized carbons (Fsp3) is 0.138. The smallest absolute Gasteiger partial charge is 0.181 e. The molecule has 0 saturated carbocycles. The molecule has 8 nitrogen and oxygen atoms in total. The summed E-state index contributed by atoms with van der Waals surface area (Å²) in [6.07, 6.45) is 13.0. The molecule has 5 rings (SSSR count). The molecule has 0 radical (unpaired) electrons. The Morgan fingerprint density at radius 2 is 1.89 bits per heavy atom. The van der Waals surface area contributed by atoms with Gasteiger partial charge in [-0.15, -0.1) is 0 Å². The van der Waals surface area contributed by atoms with E-state index in [2.05, 4.69) is 68.5 Å². The van der Waals surface area contributed by atoms with Crippen LogP contribution in [0.5, 0.6) is 0 Å². The number of hydrogen-bond donors (Lipinski definition) is 3. The predicted octanol–water partition coefficient (Wildman–Crippen LogP) is 6.19. The third kappa shape index (κ3) is 4.69. The molecular formula is C29H28N8. The second-order valence-corrected chi connectivity index (χ2v) is 8.92. The maximum atomic E-state index is 4.76. The Kier molecular flexibility index (Phi) is 6.47. The third-order valence-corrected chi connectivity index (χ3v) is 6.21. The van der Waals surface area contributed by atoms with Crippen molar-refractivity contribution in [2.24, 2.45) is 5.92 Å². The molecule has 0 aromatic carbocycles. The molecule has 0 amide bonds. The Hall–Kier alpha value is -4.85. The first kappa shape index (κ1) is 23.9. The first-order chi connectivity index (χ1) is 18.0. The molecule has 0 aliphatic carbocycles. The molecule has 0 unspecified atom stereocenters. The van der Waals surface area contributed by atoms with Crippen LogP contribution in [0.3, 0.4) is 0 Å². The quantitative estimate of drug-likeness (QED) is 0.225. The van der Waals surface area contributed by atoms with Crippen LogP contribution in [-0.2, 0) is 0 Å². The largest absolute Gasteiger partial charge is 0.359 e. The van der Waals surface area contributed by atoms with Gasteiger partial charge in [0.25, 0.3) is 0 Å². The Morgan fingerprint density at radius 1 is 1.08 bits per heavy atom. The molecule has 0 aliphatic heterocycles. The highest BCUT2D eigenvalue weighted by Gasteiger charge is 2.17. The van der Waals surface area contributed by atoms with E-state index < -0.39 is 0 Å². The zero-order valence-electron chi connectivity index (χ0n) is 21.1. The van der Waals surface area contributed by atoms with Gasteiger partial charge in [0.1, 0.15) is 5.69 Å². The molecule has 0 aliphatic rings. The van der Waals surface area contributed by atoms with E-state index >= 15 is 0 Å². The van der Waals surface area contributed by atoms with Gasteiger partial charge in [-0.3, -0.25) is 10.1 Å². The summed E-state index contributed by atoms with van der Waals surface area (Å²) in [5.74, 6) is 0.950. The van der Waals surface area contributed by atoms with Gasteiger partial charge in [0, 0.05) is 47.3 Å². The highest BCUT2D eigenvalue weighted by Crippen LogP contribution is 2.31.